The van der Waals surface area contributed by atoms with Crippen LogP contribution in [0.5, 0.6) is 0 Å². The van der Waals surface area contributed by atoms with Gasteiger partial charge in [-0.15, -0.1) is 0 Å². The molecular formula is C28H28N3O2+. The topological polar surface area (TPSA) is 57.9 Å². The second kappa shape index (κ2) is 9.04. The molecule has 0 bridgehead atoms. The number of pyridine rings is 1. The Bertz CT molecular complexity index is 1230. The van der Waals surface area contributed by atoms with Crippen LogP contribution in [0, 0.1) is 6.92 Å². The summed E-state index contributed by atoms with van der Waals surface area (Å²) in [5.41, 5.74) is 5.84. The number of quaternary nitrogens is 1. The summed E-state index contributed by atoms with van der Waals surface area (Å²) in [6.45, 7) is 5.80. The Morgan fingerprint density at radius 1 is 0.909 bits per heavy atom. The molecule has 5 heteroatoms. The van der Waals surface area contributed by atoms with Crippen LogP contribution in [-0.4, -0.2) is 42.2 Å². The van der Waals surface area contributed by atoms with E-state index in [1.165, 1.54) is 11.1 Å². The van der Waals surface area contributed by atoms with Crippen LogP contribution in [0.15, 0.2) is 84.9 Å². The summed E-state index contributed by atoms with van der Waals surface area (Å²) in [5, 5.41) is 10.4. The summed E-state index contributed by atoms with van der Waals surface area (Å²) in [5.74, 6) is -0.911. The molecule has 4 aromatic rings. The van der Waals surface area contributed by atoms with Crippen molar-refractivity contribution in [3.05, 3.63) is 107 Å². The SMILES string of the molecule is Cc1cc(N2CC[NH+](C(c3ccccc3)c3ccccc3)CC2)c2cc(C(=O)O)ccc2n1. The van der Waals surface area contributed by atoms with E-state index < -0.39 is 5.97 Å². The number of hydrogen-bond acceptors (Lipinski definition) is 3. The number of anilines is 1. The Hall–Kier alpha value is -3.70. The van der Waals surface area contributed by atoms with Gasteiger partial charge in [-0.05, 0) is 31.2 Å². The third-order valence-electron chi connectivity index (χ3n) is 6.58. The molecular weight excluding hydrogens is 410 g/mol. The van der Waals surface area contributed by atoms with Crippen LogP contribution in [0.4, 0.5) is 5.69 Å². The van der Waals surface area contributed by atoms with Gasteiger partial charge in [0.2, 0.25) is 0 Å². The number of carbonyl (C=O) groups is 1. The number of aromatic carboxylic acids is 1. The monoisotopic (exact) mass is 438 g/mol. The van der Waals surface area contributed by atoms with Crippen LogP contribution < -0.4 is 9.80 Å². The first-order valence-corrected chi connectivity index (χ1v) is 11.4. The molecule has 0 saturated carbocycles. The van der Waals surface area contributed by atoms with Gasteiger partial charge in [0.05, 0.1) is 37.3 Å². The van der Waals surface area contributed by atoms with E-state index in [1.807, 2.05) is 13.0 Å². The molecule has 0 radical (unpaired) electrons. The first kappa shape index (κ1) is 21.2. The van der Waals surface area contributed by atoms with E-state index in [0.29, 0.717) is 11.6 Å². The van der Waals surface area contributed by atoms with E-state index in [2.05, 4.69) is 76.6 Å². The van der Waals surface area contributed by atoms with Crippen molar-refractivity contribution in [2.45, 2.75) is 13.0 Å². The van der Waals surface area contributed by atoms with Gasteiger partial charge in [-0.1, -0.05) is 60.7 Å². The molecule has 0 atom stereocenters. The van der Waals surface area contributed by atoms with Gasteiger partial charge < -0.3 is 14.9 Å². The standard InChI is InChI=1S/C28H27N3O2/c1-20-18-26(24-19-23(28(32)33)12-13-25(24)29-20)30-14-16-31(17-15-30)27(21-8-4-2-5-9-21)22-10-6-3-7-11-22/h2-13,18-19,27H,14-17H2,1H3,(H,32,33)/p+1. The van der Waals surface area contributed by atoms with E-state index in [4.69, 9.17) is 0 Å². The molecule has 1 saturated heterocycles. The minimum Gasteiger partial charge on any atom is -0.478 e. The lowest BCUT2D eigenvalue weighted by molar-refractivity contribution is -0.926. The van der Waals surface area contributed by atoms with Crippen LogP contribution >= 0.6 is 0 Å². The number of carboxylic acid groups (broad SMARTS) is 1. The van der Waals surface area contributed by atoms with Gasteiger partial charge in [0.25, 0.3) is 0 Å². The zero-order chi connectivity index (χ0) is 22.8. The molecule has 1 aliphatic rings. The maximum Gasteiger partial charge on any atom is 0.335 e. The second-order valence-corrected chi connectivity index (χ2v) is 8.72. The Kier molecular flexibility index (Phi) is 5.80. The zero-order valence-corrected chi connectivity index (χ0v) is 18.7. The maximum atomic E-state index is 11.5. The molecule has 0 aliphatic carbocycles. The molecule has 1 aromatic heterocycles. The molecule has 1 fully saturated rings. The van der Waals surface area contributed by atoms with Crippen molar-refractivity contribution in [1.29, 1.82) is 0 Å². The molecule has 0 amide bonds. The fraction of sp³-hybridized carbons (Fsp3) is 0.214. The van der Waals surface area contributed by atoms with Crippen LogP contribution in [0.25, 0.3) is 10.9 Å². The van der Waals surface area contributed by atoms with Gasteiger partial charge in [-0.2, -0.15) is 0 Å². The highest BCUT2D eigenvalue weighted by molar-refractivity contribution is 5.98. The molecule has 33 heavy (non-hydrogen) atoms. The van der Waals surface area contributed by atoms with Crippen molar-refractivity contribution < 1.29 is 14.8 Å². The summed E-state index contributed by atoms with van der Waals surface area (Å²) in [4.78, 5) is 20.1. The number of hydrogen-bond donors (Lipinski definition) is 2. The number of benzene rings is 3. The molecule has 2 N–H and O–H groups in total. The summed E-state index contributed by atoms with van der Waals surface area (Å²) in [6.07, 6.45) is 0. The number of aromatic nitrogens is 1. The number of nitrogens with zero attached hydrogens (tertiary/aromatic N) is 2. The predicted molar refractivity (Wildman–Crippen MR) is 131 cm³/mol. The van der Waals surface area contributed by atoms with Crippen LogP contribution in [0.2, 0.25) is 0 Å². The summed E-state index contributed by atoms with van der Waals surface area (Å²) >= 11 is 0. The second-order valence-electron chi connectivity index (χ2n) is 8.72. The van der Waals surface area contributed by atoms with Gasteiger partial charge in [-0.3, -0.25) is 4.98 Å². The van der Waals surface area contributed by atoms with Crippen molar-refractivity contribution in [3.63, 3.8) is 0 Å². The number of aryl methyl sites for hydroxylation is 1. The quantitative estimate of drug-likeness (QED) is 0.499. The Morgan fingerprint density at radius 3 is 2.09 bits per heavy atom. The van der Waals surface area contributed by atoms with Crippen molar-refractivity contribution in [3.8, 4) is 0 Å². The van der Waals surface area contributed by atoms with Gasteiger partial charge in [-0.25, -0.2) is 4.79 Å². The highest BCUT2D eigenvalue weighted by Crippen LogP contribution is 2.28. The van der Waals surface area contributed by atoms with E-state index >= 15 is 0 Å². The highest BCUT2D eigenvalue weighted by Gasteiger charge is 2.30. The fourth-order valence-corrected chi connectivity index (χ4v) is 5.01. The van der Waals surface area contributed by atoms with Crippen molar-refractivity contribution >= 4 is 22.6 Å². The van der Waals surface area contributed by atoms with Gasteiger partial charge in [0.15, 0.2) is 0 Å². The van der Waals surface area contributed by atoms with Gasteiger partial charge in [0.1, 0.15) is 6.04 Å². The first-order valence-electron chi connectivity index (χ1n) is 11.4. The van der Waals surface area contributed by atoms with E-state index in [-0.39, 0.29) is 0 Å². The molecule has 166 valence electrons. The Balaban J connectivity index is 1.44. The lowest BCUT2D eigenvalue weighted by atomic mass is 9.96. The highest BCUT2D eigenvalue weighted by atomic mass is 16.4. The Labute approximate surface area is 193 Å². The number of nitrogens with one attached hydrogen (secondary N) is 1. The molecule has 5 rings (SSSR count). The number of piperazine rings is 1. The third-order valence-corrected chi connectivity index (χ3v) is 6.58. The van der Waals surface area contributed by atoms with E-state index in [9.17, 15) is 9.90 Å². The minimum atomic E-state index is -0.911. The predicted octanol–water partition coefficient (Wildman–Crippen LogP) is 3.74. The fourth-order valence-electron chi connectivity index (χ4n) is 5.01. The van der Waals surface area contributed by atoms with Crippen LogP contribution in [0.3, 0.4) is 0 Å². The first-order chi connectivity index (χ1) is 16.1. The smallest absolute Gasteiger partial charge is 0.335 e. The lowest BCUT2D eigenvalue weighted by Gasteiger charge is -2.38. The molecule has 2 heterocycles. The molecule has 0 spiro atoms. The summed E-state index contributed by atoms with van der Waals surface area (Å²) < 4.78 is 0. The number of fused-ring (bicyclic) bond motifs is 1. The minimum absolute atomic E-state index is 0.295. The van der Waals surface area contributed by atoms with Crippen molar-refractivity contribution in [2.24, 2.45) is 0 Å². The molecule has 5 nitrogen and oxygen atoms in total. The maximum absolute atomic E-state index is 11.5. The van der Waals surface area contributed by atoms with Crippen LogP contribution in [0.1, 0.15) is 33.2 Å². The third kappa shape index (κ3) is 4.32. The Morgan fingerprint density at radius 2 is 1.52 bits per heavy atom. The van der Waals surface area contributed by atoms with E-state index in [1.54, 1.807) is 17.0 Å². The average Bonchev–Trinajstić information content (AvgIpc) is 2.85. The van der Waals surface area contributed by atoms with Gasteiger partial charge >= 0.3 is 5.97 Å². The van der Waals surface area contributed by atoms with Crippen molar-refractivity contribution in [2.75, 3.05) is 31.1 Å². The molecule has 3 aromatic carbocycles. The number of carboxylic acids is 1. The van der Waals surface area contributed by atoms with Gasteiger partial charge in [0, 0.05) is 27.9 Å². The van der Waals surface area contributed by atoms with E-state index in [0.717, 1.165) is 48.5 Å². The van der Waals surface area contributed by atoms with Crippen molar-refractivity contribution in [1.82, 2.24) is 4.98 Å². The number of rotatable bonds is 5. The zero-order valence-electron chi connectivity index (χ0n) is 18.7. The van der Waals surface area contributed by atoms with Crippen LogP contribution in [-0.2, 0) is 0 Å². The lowest BCUT2D eigenvalue weighted by Crippen LogP contribution is -3.15. The normalized spacial score (nSPS) is 14.7. The largest absolute Gasteiger partial charge is 0.478 e. The summed E-state index contributed by atoms with van der Waals surface area (Å²) in [7, 11) is 0. The average molecular weight is 439 g/mol. The molecule has 0 unspecified atom stereocenters. The molecule has 1 aliphatic heterocycles. The summed E-state index contributed by atoms with van der Waals surface area (Å²) in [6, 6.07) is 29.1.